The van der Waals surface area contributed by atoms with Crippen LogP contribution in [0.15, 0.2) is 33.6 Å². The third-order valence-electron chi connectivity index (χ3n) is 5.57. The Hall–Kier alpha value is -2.39. The lowest BCUT2D eigenvalue weighted by atomic mass is 9.87. The predicted molar refractivity (Wildman–Crippen MR) is 119 cm³/mol. The molecule has 166 valence electrons. The molecule has 0 aromatic heterocycles. The average molecular weight is 510 g/mol. The highest BCUT2D eigenvalue weighted by molar-refractivity contribution is 9.10. The molecule has 7 nitrogen and oxygen atoms in total. The number of ether oxygens (including phenoxy) is 2. The highest BCUT2D eigenvalue weighted by atomic mass is 79.9. The number of nitrogens with one attached hydrogen (secondary N) is 1. The van der Waals surface area contributed by atoms with E-state index in [4.69, 9.17) is 9.47 Å². The molecule has 0 fully saturated rings. The van der Waals surface area contributed by atoms with Gasteiger partial charge in [-0.05, 0) is 75.1 Å². The van der Waals surface area contributed by atoms with E-state index in [1.54, 1.807) is 19.1 Å². The number of carbonyl (C=O) groups is 2. The van der Waals surface area contributed by atoms with Crippen molar-refractivity contribution in [3.63, 3.8) is 0 Å². The minimum atomic E-state index is -4.05. The fourth-order valence-electron chi connectivity index (χ4n) is 3.59. The molecule has 0 aliphatic carbocycles. The van der Waals surface area contributed by atoms with E-state index in [0.717, 1.165) is 26.7 Å². The van der Waals surface area contributed by atoms with Crippen molar-refractivity contribution in [1.29, 1.82) is 0 Å². The molecule has 1 aliphatic heterocycles. The van der Waals surface area contributed by atoms with Crippen LogP contribution in [0.2, 0.25) is 0 Å². The van der Waals surface area contributed by atoms with Gasteiger partial charge in [0.1, 0.15) is 11.5 Å². The first-order valence-electron chi connectivity index (χ1n) is 9.68. The van der Waals surface area contributed by atoms with Crippen molar-refractivity contribution < 1.29 is 27.5 Å². The summed E-state index contributed by atoms with van der Waals surface area (Å²) in [5, 5.41) is 0. The van der Waals surface area contributed by atoms with Crippen LogP contribution in [0.25, 0.3) is 0 Å². The van der Waals surface area contributed by atoms with Gasteiger partial charge in [-0.15, -0.1) is 0 Å². The maximum atomic E-state index is 13.0. The topological polar surface area (TPSA) is 98.8 Å². The minimum Gasteiger partial charge on any atom is -0.477 e. The number of amides is 1. The molecule has 1 unspecified atom stereocenters. The van der Waals surface area contributed by atoms with Gasteiger partial charge in [-0.25, -0.2) is 13.1 Å². The molecule has 3 rings (SSSR count). The maximum absolute atomic E-state index is 13.0. The second-order valence-electron chi connectivity index (χ2n) is 7.83. The summed E-state index contributed by atoms with van der Waals surface area (Å²) in [6.07, 6.45) is 0.739. The molecule has 0 saturated heterocycles. The zero-order chi connectivity index (χ0) is 23.1. The lowest BCUT2D eigenvalue weighted by Crippen LogP contribution is -2.52. The van der Waals surface area contributed by atoms with Crippen molar-refractivity contribution in [3.05, 3.63) is 51.0 Å². The van der Waals surface area contributed by atoms with Crippen molar-refractivity contribution in [1.82, 2.24) is 4.72 Å². The number of hydrogen-bond donors (Lipinski definition) is 1. The summed E-state index contributed by atoms with van der Waals surface area (Å²) in [5.41, 5.74) is 1.73. The third kappa shape index (κ3) is 4.48. The van der Waals surface area contributed by atoms with Crippen LogP contribution < -0.4 is 14.2 Å². The molecule has 31 heavy (non-hydrogen) atoms. The van der Waals surface area contributed by atoms with E-state index in [9.17, 15) is 18.0 Å². The fraction of sp³-hybridized carbons (Fsp3) is 0.364. The summed E-state index contributed by atoms with van der Waals surface area (Å²) in [6, 6.07) is 5.99. The monoisotopic (exact) mass is 509 g/mol. The minimum absolute atomic E-state index is 0.0160. The highest BCUT2D eigenvalue weighted by Crippen LogP contribution is 2.44. The number of hydrogen-bond acceptors (Lipinski definition) is 6. The van der Waals surface area contributed by atoms with Crippen LogP contribution in [-0.4, -0.2) is 25.9 Å². The zero-order valence-electron chi connectivity index (χ0n) is 18.0. The number of fused-ring (bicyclic) bond motifs is 1. The lowest BCUT2D eigenvalue weighted by molar-refractivity contribution is -0.135. The van der Waals surface area contributed by atoms with Gasteiger partial charge in [0.25, 0.3) is 15.9 Å². The highest BCUT2D eigenvalue weighted by Gasteiger charge is 2.42. The third-order valence-corrected chi connectivity index (χ3v) is 7.44. The van der Waals surface area contributed by atoms with Crippen molar-refractivity contribution in [2.75, 3.05) is 0 Å². The first-order chi connectivity index (χ1) is 14.4. The van der Waals surface area contributed by atoms with Gasteiger partial charge in [-0.3, -0.25) is 9.59 Å². The number of benzene rings is 2. The van der Waals surface area contributed by atoms with Crippen LogP contribution in [0.5, 0.6) is 11.5 Å². The van der Waals surface area contributed by atoms with Crippen LogP contribution in [0, 0.1) is 20.8 Å². The molecule has 1 heterocycles. The van der Waals surface area contributed by atoms with E-state index >= 15 is 0 Å². The van der Waals surface area contributed by atoms with Crippen LogP contribution in [0.4, 0.5) is 0 Å². The van der Waals surface area contributed by atoms with Gasteiger partial charge < -0.3 is 9.47 Å². The first-order valence-corrected chi connectivity index (χ1v) is 12.0. The van der Waals surface area contributed by atoms with Gasteiger partial charge in [-0.2, -0.15) is 0 Å². The van der Waals surface area contributed by atoms with E-state index in [0.29, 0.717) is 17.9 Å². The van der Waals surface area contributed by atoms with Gasteiger partial charge in [0, 0.05) is 23.4 Å². The molecule has 2 aromatic rings. The smallest absolute Gasteiger partial charge is 0.308 e. The van der Waals surface area contributed by atoms with E-state index in [-0.39, 0.29) is 11.3 Å². The average Bonchev–Trinajstić information content (AvgIpc) is 2.69. The Morgan fingerprint density at radius 3 is 2.29 bits per heavy atom. The molecule has 9 heteroatoms. The first kappa shape index (κ1) is 23.3. The van der Waals surface area contributed by atoms with Crippen molar-refractivity contribution in [2.24, 2.45) is 0 Å². The van der Waals surface area contributed by atoms with E-state index in [1.165, 1.54) is 19.1 Å². The van der Waals surface area contributed by atoms with Gasteiger partial charge in [0.15, 0.2) is 5.60 Å². The summed E-state index contributed by atoms with van der Waals surface area (Å²) in [5.74, 6) is -0.126. The van der Waals surface area contributed by atoms with Crippen LogP contribution in [0.3, 0.4) is 0 Å². The second-order valence-corrected chi connectivity index (χ2v) is 10.4. The summed E-state index contributed by atoms with van der Waals surface area (Å²) >= 11 is 3.26. The molecule has 1 N–H and O–H groups in total. The molecule has 1 atom stereocenters. The Morgan fingerprint density at radius 1 is 1.10 bits per heavy atom. The maximum Gasteiger partial charge on any atom is 0.308 e. The van der Waals surface area contributed by atoms with E-state index in [1.807, 2.05) is 20.8 Å². The Morgan fingerprint density at radius 2 is 1.71 bits per heavy atom. The largest absolute Gasteiger partial charge is 0.477 e. The molecule has 0 bridgehead atoms. The van der Waals surface area contributed by atoms with Crippen LogP contribution in [0.1, 0.15) is 42.5 Å². The summed E-state index contributed by atoms with van der Waals surface area (Å²) in [4.78, 5) is 24.5. The summed E-state index contributed by atoms with van der Waals surface area (Å²) in [6.45, 7) is 8.40. The lowest BCUT2D eigenvalue weighted by Gasteiger charge is -2.36. The van der Waals surface area contributed by atoms with Crippen molar-refractivity contribution in [3.8, 4) is 11.5 Å². The van der Waals surface area contributed by atoms with E-state index < -0.39 is 27.5 Å². The molecule has 0 spiro atoms. The molecule has 1 amide bonds. The molecular formula is C22H24BrNO6S. The molecule has 2 aromatic carbocycles. The molecular weight excluding hydrogens is 486 g/mol. The molecule has 1 aliphatic rings. The fourth-order valence-corrected chi connectivity index (χ4v) is 4.93. The number of halogens is 1. The van der Waals surface area contributed by atoms with Gasteiger partial charge in [0.2, 0.25) is 0 Å². The Bertz CT molecular complexity index is 1170. The van der Waals surface area contributed by atoms with Crippen molar-refractivity contribution >= 4 is 37.8 Å². The zero-order valence-corrected chi connectivity index (χ0v) is 20.4. The predicted octanol–water partition coefficient (Wildman–Crippen LogP) is 3.89. The molecule has 0 radical (unpaired) electrons. The van der Waals surface area contributed by atoms with E-state index in [2.05, 4.69) is 20.7 Å². The van der Waals surface area contributed by atoms with Gasteiger partial charge >= 0.3 is 5.97 Å². The van der Waals surface area contributed by atoms with Gasteiger partial charge in [0.05, 0.1) is 4.90 Å². The van der Waals surface area contributed by atoms with Crippen LogP contribution >= 0.6 is 15.9 Å². The SMILES string of the molecule is CC(=O)Oc1c(C)c(C)c2c(c1C)CCC(C)(C(=O)NS(=O)(=O)c1ccc(Br)cc1)O2. The van der Waals surface area contributed by atoms with Crippen LogP contribution in [-0.2, 0) is 26.0 Å². The quantitative estimate of drug-likeness (QED) is 0.495. The van der Waals surface area contributed by atoms with Crippen molar-refractivity contribution in [2.45, 2.75) is 58.0 Å². The number of rotatable bonds is 4. The number of carbonyl (C=O) groups excluding carboxylic acids is 2. The standard InChI is InChI=1S/C22H24BrNO6S/c1-12-13(2)20-18(14(3)19(12)29-15(4)25)10-11-22(5,30-20)21(26)24-31(27,28)17-8-6-16(23)7-9-17/h6-9H,10-11H2,1-5H3,(H,24,26). The normalized spacial score (nSPS) is 18.0. The second kappa shape index (κ2) is 8.27. The Labute approximate surface area is 190 Å². The van der Waals surface area contributed by atoms with Gasteiger partial charge in [-0.1, -0.05) is 15.9 Å². The Kier molecular flexibility index (Phi) is 6.21. The molecule has 0 saturated carbocycles. The summed E-state index contributed by atoms with van der Waals surface area (Å²) < 4.78 is 39.7. The number of esters is 1. The number of sulfonamides is 1. The summed E-state index contributed by atoms with van der Waals surface area (Å²) in [7, 11) is -4.05. The Balaban J connectivity index is 1.92.